The van der Waals surface area contributed by atoms with E-state index in [0.29, 0.717) is 10.6 Å². The Bertz CT molecular complexity index is 524. The van der Waals surface area contributed by atoms with Crippen LogP contribution >= 0.6 is 11.3 Å². The van der Waals surface area contributed by atoms with Gasteiger partial charge in [0.25, 0.3) is 0 Å². The second-order valence-electron chi connectivity index (χ2n) is 3.01. The molecule has 1 heterocycles. The molecule has 0 aliphatic rings. The first-order valence-corrected chi connectivity index (χ1v) is 5.39. The number of hydrogen-bond acceptors (Lipinski definition) is 4. The summed E-state index contributed by atoms with van der Waals surface area (Å²) in [5.74, 6) is -0.868. The number of halogens is 1. The largest absolute Gasteiger partial charge is 0.464 e. The van der Waals surface area contributed by atoms with E-state index < -0.39 is 5.97 Å². The molecular weight excluding hydrogens is 229 g/mol. The number of nitrogens with zero attached hydrogens (tertiary/aromatic N) is 1. The highest BCUT2D eigenvalue weighted by atomic mass is 32.1. The van der Waals surface area contributed by atoms with Gasteiger partial charge in [-0.25, -0.2) is 14.2 Å². The fourth-order valence-electron chi connectivity index (χ4n) is 1.23. The zero-order chi connectivity index (χ0) is 11.5. The second-order valence-corrected chi connectivity index (χ2v) is 3.87. The summed E-state index contributed by atoms with van der Waals surface area (Å²) < 4.78 is 17.9. The Balaban J connectivity index is 2.39. The zero-order valence-electron chi connectivity index (χ0n) is 8.44. The molecule has 82 valence electrons. The third kappa shape index (κ3) is 1.94. The third-order valence-corrected chi connectivity index (χ3v) is 2.88. The van der Waals surface area contributed by atoms with Gasteiger partial charge in [0.1, 0.15) is 10.8 Å². The first-order chi connectivity index (χ1) is 7.72. The maximum atomic E-state index is 13.4. The number of thiazole rings is 1. The number of benzene rings is 1. The van der Waals surface area contributed by atoms with Crippen molar-refractivity contribution in [2.24, 2.45) is 0 Å². The maximum Gasteiger partial charge on any atom is 0.357 e. The lowest BCUT2D eigenvalue weighted by Gasteiger charge is -1.97. The molecule has 2 aromatic rings. The van der Waals surface area contributed by atoms with Crippen molar-refractivity contribution in [3.8, 4) is 10.6 Å². The van der Waals surface area contributed by atoms with Crippen LogP contribution in [0.5, 0.6) is 0 Å². The van der Waals surface area contributed by atoms with Gasteiger partial charge in [-0.05, 0) is 12.1 Å². The summed E-state index contributed by atoms with van der Waals surface area (Å²) in [6.45, 7) is 0. The standard InChI is InChI=1S/C11H8FNO2S/c1-15-11(14)9-6-16-10(13-9)7-4-2-3-5-8(7)12/h2-6H,1H3. The molecule has 0 bridgehead atoms. The Hall–Kier alpha value is -1.75. The second kappa shape index (κ2) is 4.40. The van der Waals surface area contributed by atoms with Crippen LogP contribution in [0.25, 0.3) is 10.6 Å². The highest BCUT2D eigenvalue weighted by Gasteiger charge is 2.13. The van der Waals surface area contributed by atoms with Gasteiger partial charge in [-0.15, -0.1) is 11.3 Å². The fourth-order valence-corrected chi connectivity index (χ4v) is 2.05. The van der Waals surface area contributed by atoms with Gasteiger partial charge in [0, 0.05) is 10.9 Å². The highest BCUT2D eigenvalue weighted by molar-refractivity contribution is 7.13. The fraction of sp³-hybridized carbons (Fsp3) is 0.0909. The van der Waals surface area contributed by atoms with Gasteiger partial charge in [0.15, 0.2) is 5.69 Å². The Kier molecular flexibility index (Phi) is 2.96. The summed E-state index contributed by atoms with van der Waals surface area (Å²) >= 11 is 1.21. The molecule has 0 aliphatic carbocycles. The number of carbonyl (C=O) groups is 1. The van der Waals surface area contributed by atoms with Crippen molar-refractivity contribution in [3.05, 3.63) is 41.2 Å². The van der Waals surface area contributed by atoms with Crippen LogP contribution in [-0.2, 0) is 4.74 Å². The van der Waals surface area contributed by atoms with Crippen LogP contribution in [0, 0.1) is 5.82 Å². The van der Waals surface area contributed by atoms with Gasteiger partial charge >= 0.3 is 5.97 Å². The lowest BCUT2D eigenvalue weighted by Crippen LogP contribution is -2.01. The van der Waals surface area contributed by atoms with E-state index in [0.717, 1.165) is 0 Å². The highest BCUT2D eigenvalue weighted by Crippen LogP contribution is 2.26. The third-order valence-electron chi connectivity index (χ3n) is 2.00. The van der Waals surface area contributed by atoms with E-state index in [1.54, 1.807) is 23.6 Å². The van der Waals surface area contributed by atoms with Crippen molar-refractivity contribution in [2.45, 2.75) is 0 Å². The van der Waals surface area contributed by atoms with Gasteiger partial charge < -0.3 is 4.74 Å². The molecule has 0 spiro atoms. The van der Waals surface area contributed by atoms with Crippen molar-refractivity contribution >= 4 is 17.3 Å². The van der Waals surface area contributed by atoms with Crippen LogP contribution in [0.2, 0.25) is 0 Å². The summed E-state index contributed by atoms with van der Waals surface area (Å²) in [6.07, 6.45) is 0. The molecule has 1 aromatic carbocycles. The maximum absolute atomic E-state index is 13.4. The molecule has 0 fully saturated rings. The Morgan fingerprint density at radius 3 is 2.88 bits per heavy atom. The molecule has 0 amide bonds. The van der Waals surface area contributed by atoms with Crippen LogP contribution in [0.3, 0.4) is 0 Å². The minimum Gasteiger partial charge on any atom is -0.464 e. The number of ether oxygens (including phenoxy) is 1. The van der Waals surface area contributed by atoms with Crippen LogP contribution in [0.1, 0.15) is 10.5 Å². The molecule has 16 heavy (non-hydrogen) atoms. The van der Waals surface area contributed by atoms with Crippen molar-refractivity contribution in [1.29, 1.82) is 0 Å². The molecule has 0 unspecified atom stereocenters. The van der Waals surface area contributed by atoms with Gasteiger partial charge in [0.05, 0.1) is 7.11 Å². The first-order valence-electron chi connectivity index (χ1n) is 4.51. The zero-order valence-corrected chi connectivity index (χ0v) is 9.25. The molecule has 0 saturated carbocycles. The predicted octanol–water partition coefficient (Wildman–Crippen LogP) is 2.74. The molecule has 3 nitrogen and oxygen atoms in total. The lowest BCUT2D eigenvalue weighted by molar-refractivity contribution is 0.0595. The van der Waals surface area contributed by atoms with Gasteiger partial charge in [0.2, 0.25) is 0 Å². The average Bonchev–Trinajstić information content (AvgIpc) is 2.78. The van der Waals surface area contributed by atoms with E-state index in [2.05, 4.69) is 9.72 Å². The number of hydrogen-bond donors (Lipinski definition) is 0. The number of rotatable bonds is 2. The van der Waals surface area contributed by atoms with E-state index in [1.165, 1.54) is 24.5 Å². The van der Waals surface area contributed by atoms with Crippen molar-refractivity contribution in [1.82, 2.24) is 4.98 Å². The molecule has 2 rings (SSSR count). The van der Waals surface area contributed by atoms with E-state index in [-0.39, 0.29) is 11.5 Å². The van der Waals surface area contributed by atoms with Crippen molar-refractivity contribution in [3.63, 3.8) is 0 Å². The smallest absolute Gasteiger partial charge is 0.357 e. The molecule has 0 aliphatic heterocycles. The summed E-state index contributed by atoms with van der Waals surface area (Å²) in [5, 5.41) is 2.02. The lowest BCUT2D eigenvalue weighted by atomic mass is 10.2. The van der Waals surface area contributed by atoms with Crippen molar-refractivity contribution in [2.75, 3.05) is 7.11 Å². The van der Waals surface area contributed by atoms with E-state index in [9.17, 15) is 9.18 Å². The van der Waals surface area contributed by atoms with Gasteiger partial charge in [-0.1, -0.05) is 12.1 Å². The van der Waals surface area contributed by atoms with E-state index in [1.807, 2.05) is 0 Å². The number of aromatic nitrogens is 1. The summed E-state index contributed by atoms with van der Waals surface area (Å²) in [7, 11) is 1.28. The van der Waals surface area contributed by atoms with Crippen LogP contribution in [0.4, 0.5) is 4.39 Å². The SMILES string of the molecule is COC(=O)c1csc(-c2ccccc2F)n1. The Morgan fingerprint density at radius 1 is 1.44 bits per heavy atom. The van der Waals surface area contributed by atoms with Gasteiger partial charge in [-0.2, -0.15) is 0 Å². The normalized spacial score (nSPS) is 10.1. The summed E-state index contributed by atoms with van der Waals surface area (Å²) in [4.78, 5) is 15.2. The molecule has 0 N–H and O–H groups in total. The van der Waals surface area contributed by atoms with E-state index >= 15 is 0 Å². The molecule has 0 radical (unpaired) electrons. The summed E-state index contributed by atoms with van der Waals surface area (Å²) in [5.41, 5.74) is 0.591. The van der Waals surface area contributed by atoms with Crippen LogP contribution < -0.4 is 0 Å². The topological polar surface area (TPSA) is 39.2 Å². The minimum absolute atomic E-state index is 0.200. The van der Waals surface area contributed by atoms with Crippen LogP contribution in [0.15, 0.2) is 29.6 Å². The number of carbonyl (C=O) groups excluding carboxylic acids is 1. The minimum atomic E-state index is -0.515. The van der Waals surface area contributed by atoms with Gasteiger partial charge in [-0.3, -0.25) is 0 Å². The Morgan fingerprint density at radius 2 is 2.19 bits per heavy atom. The molecule has 1 aromatic heterocycles. The van der Waals surface area contributed by atoms with Crippen LogP contribution in [-0.4, -0.2) is 18.1 Å². The molecule has 0 saturated heterocycles. The monoisotopic (exact) mass is 237 g/mol. The molecule has 5 heteroatoms. The summed E-state index contributed by atoms with van der Waals surface area (Å²) in [6, 6.07) is 6.30. The van der Waals surface area contributed by atoms with E-state index in [4.69, 9.17) is 0 Å². The quantitative estimate of drug-likeness (QED) is 0.754. The molecular formula is C11H8FNO2S. The predicted molar refractivity (Wildman–Crippen MR) is 58.8 cm³/mol. The number of esters is 1. The molecule has 0 atom stereocenters. The first kappa shape index (κ1) is 10.8. The average molecular weight is 237 g/mol. The Labute approximate surface area is 95.5 Å². The van der Waals surface area contributed by atoms with Crippen molar-refractivity contribution < 1.29 is 13.9 Å². The number of methoxy groups -OCH3 is 1.